The van der Waals surface area contributed by atoms with E-state index >= 15 is 0 Å². The fourth-order valence-electron chi connectivity index (χ4n) is 3.62. The Morgan fingerprint density at radius 3 is 2.48 bits per heavy atom. The van der Waals surface area contributed by atoms with Crippen LogP contribution in [-0.4, -0.2) is 29.8 Å². The number of hydrogen-bond acceptors (Lipinski definition) is 5. The van der Waals surface area contributed by atoms with Crippen molar-refractivity contribution in [2.24, 2.45) is 11.7 Å². The zero-order chi connectivity index (χ0) is 23.6. The van der Waals surface area contributed by atoms with Gasteiger partial charge in [-0.3, -0.25) is 4.79 Å². The van der Waals surface area contributed by atoms with Crippen LogP contribution in [0.1, 0.15) is 29.5 Å². The highest BCUT2D eigenvalue weighted by molar-refractivity contribution is 5.71. The van der Waals surface area contributed by atoms with Crippen LogP contribution in [0.5, 0.6) is 5.75 Å². The molecule has 3 aromatic carbocycles. The first kappa shape index (κ1) is 24.3. The second kappa shape index (κ2) is 12.0. The molecule has 6 nitrogen and oxygen atoms in total. The number of ether oxygens (including phenoxy) is 1. The minimum atomic E-state index is -0.871. The van der Waals surface area contributed by atoms with E-state index in [-0.39, 0.29) is 6.42 Å². The number of hydrogen-bond donors (Lipinski definition) is 4. The fraction of sp³-hybridized carbons (Fsp3) is 0.296. The average Bonchev–Trinajstić information content (AvgIpc) is 3.68. The number of benzene rings is 3. The van der Waals surface area contributed by atoms with Crippen molar-refractivity contribution in [3.63, 3.8) is 0 Å². The van der Waals surface area contributed by atoms with Crippen LogP contribution in [0.4, 0.5) is 5.69 Å². The Bertz CT molecular complexity index is 1060. The van der Waals surface area contributed by atoms with E-state index in [4.69, 9.17) is 20.7 Å². The molecule has 3 aromatic rings. The van der Waals surface area contributed by atoms with Crippen LogP contribution < -0.4 is 15.8 Å². The summed E-state index contributed by atoms with van der Waals surface area (Å²) >= 11 is 0. The molecule has 0 radical (unpaired) electrons. The number of nitrogens with two attached hydrogens (primary N) is 1. The Hall–Kier alpha value is -3.35. The number of aliphatic carboxylic acids is 1. The molecule has 4 rings (SSSR count). The number of aliphatic hydroxyl groups excluding tert-OH is 1. The standard InChI is InChI=1S/C26H28N2O3.CH4O/c27-15-19-4-3-6-21(10-19)23-11-20(12-24(13-23)28-16-18-8-9-18)17-31-25-7-2-1-5-22(25)14-26(29)30;1-2/h1-7,10-13,18,28H,8-9,14-17,27H2,(H,29,30);2H,1H3. The van der Waals surface area contributed by atoms with Crippen molar-refractivity contribution in [2.45, 2.75) is 32.4 Å². The van der Waals surface area contributed by atoms with Gasteiger partial charge in [-0.2, -0.15) is 0 Å². The number of carbonyl (C=O) groups is 1. The van der Waals surface area contributed by atoms with Gasteiger partial charge >= 0.3 is 5.97 Å². The molecule has 5 N–H and O–H groups in total. The van der Waals surface area contributed by atoms with E-state index < -0.39 is 5.97 Å². The van der Waals surface area contributed by atoms with E-state index in [0.717, 1.165) is 47.5 Å². The number of rotatable bonds is 10. The molecule has 0 saturated heterocycles. The first-order chi connectivity index (χ1) is 16.1. The zero-order valence-corrected chi connectivity index (χ0v) is 19.0. The fourth-order valence-corrected chi connectivity index (χ4v) is 3.62. The van der Waals surface area contributed by atoms with Gasteiger partial charge in [0.2, 0.25) is 0 Å². The first-order valence-corrected chi connectivity index (χ1v) is 11.1. The Kier molecular flexibility index (Phi) is 8.87. The van der Waals surface area contributed by atoms with Crippen molar-refractivity contribution >= 4 is 11.7 Å². The maximum absolute atomic E-state index is 11.2. The van der Waals surface area contributed by atoms with Crippen LogP contribution in [0.25, 0.3) is 11.1 Å². The van der Waals surface area contributed by atoms with Gasteiger partial charge in [0, 0.05) is 31.5 Å². The van der Waals surface area contributed by atoms with E-state index in [2.05, 4.69) is 35.6 Å². The SMILES string of the molecule is CO.NCc1cccc(-c2cc(COc3ccccc3CC(=O)O)cc(NCC3CC3)c2)c1. The van der Waals surface area contributed by atoms with Gasteiger partial charge in [0.05, 0.1) is 6.42 Å². The number of para-hydroxylation sites is 1. The van der Waals surface area contributed by atoms with Gasteiger partial charge < -0.3 is 26.0 Å². The Balaban J connectivity index is 0.00000149. The van der Waals surface area contributed by atoms with E-state index in [1.165, 1.54) is 12.8 Å². The lowest BCUT2D eigenvalue weighted by Gasteiger charge is -2.14. The lowest BCUT2D eigenvalue weighted by Crippen LogP contribution is -2.06. The summed E-state index contributed by atoms with van der Waals surface area (Å²) in [6, 6.07) is 22.0. The zero-order valence-electron chi connectivity index (χ0n) is 19.0. The van der Waals surface area contributed by atoms with Crippen LogP contribution >= 0.6 is 0 Å². The van der Waals surface area contributed by atoms with Crippen molar-refractivity contribution in [1.29, 1.82) is 0 Å². The van der Waals surface area contributed by atoms with Crippen LogP contribution in [0.3, 0.4) is 0 Å². The third-order valence-corrected chi connectivity index (χ3v) is 5.49. The second-order valence-corrected chi connectivity index (χ2v) is 8.11. The normalized spacial score (nSPS) is 12.5. The maximum atomic E-state index is 11.2. The third-order valence-electron chi connectivity index (χ3n) is 5.49. The third kappa shape index (κ3) is 7.34. The van der Waals surface area contributed by atoms with E-state index in [1.807, 2.05) is 30.3 Å². The molecule has 6 heteroatoms. The summed E-state index contributed by atoms with van der Waals surface area (Å²) in [6.07, 6.45) is 2.53. The summed E-state index contributed by atoms with van der Waals surface area (Å²) in [4.78, 5) is 11.2. The molecule has 1 aliphatic carbocycles. The summed E-state index contributed by atoms with van der Waals surface area (Å²) in [5.74, 6) is 0.504. The molecule has 0 spiro atoms. The van der Waals surface area contributed by atoms with E-state index in [0.29, 0.717) is 24.5 Å². The molecular weight excluding hydrogens is 416 g/mol. The predicted octanol–water partition coefficient (Wildman–Crippen LogP) is 4.45. The van der Waals surface area contributed by atoms with Crippen molar-refractivity contribution in [3.05, 3.63) is 83.4 Å². The summed E-state index contributed by atoms with van der Waals surface area (Å²) in [7, 11) is 1.00. The molecule has 0 aromatic heterocycles. The van der Waals surface area contributed by atoms with Crippen LogP contribution in [-0.2, 0) is 24.4 Å². The lowest BCUT2D eigenvalue weighted by molar-refractivity contribution is -0.136. The monoisotopic (exact) mass is 448 g/mol. The van der Waals surface area contributed by atoms with Gasteiger partial charge in [-0.05, 0) is 71.3 Å². The van der Waals surface area contributed by atoms with Crippen LogP contribution in [0, 0.1) is 5.92 Å². The van der Waals surface area contributed by atoms with Gasteiger partial charge in [-0.25, -0.2) is 0 Å². The van der Waals surface area contributed by atoms with Crippen LogP contribution in [0.2, 0.25) is 0 Å². The van der Waals surface area contributed by atoms with Crippen LogP contribution in [0.15, 0.2) is 66.7 Å². The molecule has 0 amide bonds. The van der Waals surface area contributed by atoms with E-state index in [9.17, 15) is 4.79 Å². The predicted molar refractivity (Wildman–Crippen MR) is 131 cm³/mol. The maximum Gasteiger partial charge on any atom is 0.307 e. The highest BCUT2D eigenvalue weighted by atomic mass is 16.5. The van der Waals surface area contributed by atoms with Gasteiger partial charge in [-0.1, -0.05) is 36.4 Å². The average molecular weight is 449 g/mol. The number of anilines is 1. The quantitative estimate of drug-likeness (QED) is 0.365. The number of aliphatic hydroxyl groups is 1. The minimum Gasteiger partial charge on any atom is -0.489 e. The molecule has 0 aliphatic heterocycles. The molecular formula is C27H32N2O4. The molecule has 1 saturated carbocycles. The summed E-state index contributed by atoms with van der Waals surface area (Å²) in [5.41, 5.74) is 11.9. The summed E-state index contributed by atoms with van der Waals surface area (Å²) in [5, 5.41) is 19.7. The topological polar surface area (TPSA) is 105 Å². The molecule has 1 aliphatic rings. The molecule has 1 fully saturated rings. The van der Waals surface area contributed by atoms with Gasteiger partial charge in [0.1, 0.15) is 12.4 Å². The lowest BCUT2D eigenvalue weighted by atomic mass is 10.00. The second-order valence-electron chi connectivity index (χ2n) is 8.11. The van der Waals surface area contributed by atoms with Crippen molar-refractivity contribution in [1.82, 2.24) is 0 Å². The highest BCUT2D eigenvalue weighted by Gasteiger charge is 2.20. The smallest absolute Gasteiger partial charge is 0.307 e. The first-order valence-electron chi connectivity index (χ1n) is 11.1. The van der Waals surface area contributed by atoms with Gasteiger partial charge in [0.25, 0.3) is 0 Å². The Morgan fingerprint density at radius 1 is 1.00 bits per heavy atom. The molecule has 0 unspecified atom stereocenters. The molecule has 33 heavy (non-hydrogen) atoms. The summed E-state index contributed by atoms with van der Waals surface area (Å²) < 4.78 is 6.04. The molecule has 0 bridgehead atoms. The number of carboxylic acid groups (broad SMARTS) is 1. The number of carboxylic acids is 1. The Labute approximate surface area is 195 Å². The summed E-state index contributed by atoms with van der Waals surface area (Å²) in [6.45, 7) is 1.84. The minimum absolute atomic E-state index is 0.0592. The Morgan fingerprint density at radius 2 is 1.76 bits per heavy atom. The highest BCUT2D eigenvalue weighted by Crippen LogP contribution is 2.31. The molecule has 174 valence electrons. The van der Waals surface area contributed by atoms with Crippen molar-refractivity contribution < 1.29 is 19.7 Å². The van der Waals surface area contributed by atoms with Crippen molar-refractivity contribution in [2.75, 3.05) is 19.0 Å². The molecule has 0 atom stereocenters. The molecule has 0 heterocycles. The van der Waals surface area contributed by atoms with Gasteiger partial charge in [0.15, 0.2) is 0 Å². The van der Waals surface area contributed by atoms with Gasteiger partial charge in [-0.15, -0.1) is 0 Å². The largest absolute Gasteiger partial charge is 0.489 e. The van der Waals surface area contributed by atoms with Crippen molar-refractivity contribution in [3.8, 4) is 16.9 Å². The number of nitrogens with one attached hydrogen (secondary N) is 1. The van der Waals surface area contributed by atoms with E-state index in [1.54, 1.807) is 6.07 Å².